The summed E-state index contributed by atoms with van der Waals surface area (Å²) in [6.07, 6.45) is 0.888. The normalized spacial score (nSPS) is 12.9. The van der Waals surface area contributed by atoms with Crippen molar-refractivity contribution in [2.75, 3.05) is 13.7 Å². The molecule has 0 aliphatic rings. The molecule has 0 saturated heterocycles. The second-order valence-electron chi connectivity index (χ2n) is 3.75. The lowest BCUT2D eigenvalue weighted by atomic mass is 10.1. The molecule has 0 N–H and O–H groups in total. The van der Waals surface area contributed by atoms with Gasteiger partial charge in [0.15, 0.2) is 0 Å². The SMILES string of the molecule is COCC(Br)Cc1ccc2ccccc2n1. The van der Waals surface area contributed by atoms with Gasteiger partial charge in [-0.2, -0.15) is 0 Å². The maximum atomic E-state index is 5.09. The van der Waals surface area contributed by atoms with Crippen LogP contribution in [0, 0.1) is 0 Å². The molecule has 0 fully saturated rings. The molecule has 84 valence electrons. The van der Waals surface area contributed by atoms with E-state index in [2.05, 4.69) is 39.1 Å². The number of alkyl halides is 1. The van der Waals surface area contributed by atoms with Crippen molar-refractivity contribution >= 4 is 26.8 Å². The predicted octanol–water partition coefficient (Wildman–Crippen LogP) is 3.19. The van der Waals surface area contributed by atoms with Crippen molar-refractivity contribution in [1.82, 2.24) is 4.98 Å². The molecule has 0 bridgehead atoms. The smallest absolute Gasteiger partial charge is 0.0705 e. The van der Waals surface area contributed by atoms with E-state index in [0.29, 0.717) is 11.4 Å². The third-order valence-electron chi connectivity index (χ3n) is 2.43. The summed E-state index contributed by atoms with van der Waals surface area (Å²) in [4.78, 5) is 4.94. The maximum absolute atomic E-state index is 5.09. The Kier molecular flexibility index (Phi) is 3.91. The van der Waals surface area contributed by atoms with Crippen LogP contribution in [-0.2, 0) is 11.2 Å². The lowest BCUT2D eigenvalue weighted by molar-refractivity contribution is 0.200. The molecule has 1 aromatic carbocycles. The molecule has 16 heavy (non-hydrogen) atoms. The molecule has 3 heteroatoms. The summed E-state index contributed by atoms with van der Waals surface area (Å²) < 4.78 is 5.09. The van der Waals surface area contributed by atoms with Crippen LogP contribution in [0.25, 0.3) is 10.9 Å². The minimum Gasteiger partial charge on any atom is -0.384 e. The van der Waals surface area contributed by atoms with Gasteiger partial charge in [0.05, 0.1) is 12.1 Å². The van der Waals surface area contributed by atoms with E-state index in [9.17, 15) is 0 Å². The Hall–Kier alpha value is -0.930. The van der Waals surface area contributed by atoms with Gasteiger partial charge in [-0.3, -0.25) is 4.98 Å². The zero-order valence-electron chi connectivity index (χ0n) is 9.19. The number of aromatic nitrogens is 1. The van der Waals surface area contributed by atoms with Gasteiger partial charge >= 0.3 is 0 Å². The molecule has 0 aliphatic heterocycles. The first-order valence-corrected chi connectivity index (χ1v) is 6.19. The first-order valence-electron chi connectivity index (χ1n) is 5.27. The van der Waals surface area contributed by atoms with Gasteiger partial charge in [0, 0.05) is 29.4 Å². The number of halogens is 1. The number of para-hydroxylation sites is 1. The highest BCUT2D eigenvalue weighted by Crippen LogP contribution is 2.14. The van der Waals surface area contributed by atoms with Gasteiger partial charge in [-0.1, -0.05) is 40.2 Å². The highest BCUT2D eigenvalue weighted by atomic mass is 79.9. The van der Waals surface area contributed by atoms with Crippen molar-refractivity contribution in [3.63, 3.8) is 0 Å². The average Bonchev–Trinajstić information content (AvgIpc) is 2.29. The summed E-state index contributed by atoms with van der Waals surface area (Å²) >= 11 is 3.57. The summed E-state index contributed by atoms with van der Waals surface area (Å²) in [6, 6.07) is 12.4. The van der Waals surface area contributed by atoms with Crippen molar-refractivity contribution in [3.8, 4) is 0 Å². The first kappa shape index (κ1) is 11.6. The zero-order valence-corrected chi connectivity index (χ0v) is 10.8. The Morgan fingerprint density at radius 3 is 2.88 bits per heavy atom. The molecule has 0 saturated carbocycles. The molecule has 1 aromatic heterocycles. The quantitative estimate of drug-likeness (QED) is 0.802. The van der Waals surface area contributed by atoms with Gasteiger partial charge < -0.3 is 4.74 Å². The standard InChI is InChI=1S/C13H14BrNO/c1-16-9-11(14)8-12-7-6-10-4-2-3-5-13(10)15-12/h2-7,11H,8-9H2,1H3. The number of benzene rings is 1. The number of nitrogens with zero attached hydrogens (tertiary/aromatic N) is 1. The Balaban J connectivity index is 2.19. The average molecular weight is 280 g/mol. The molecule has 0 spiro atoms. The van der Waals surface area contributed by atoms with E-state index in [1.165, 1.54) is 5.39 Å². The fourth-order valence-corrected chi connectivity index (χ4v) is 2.28. The van der Waals surface area contributed by atoms with Crippen LogP contribution < -0.4 is 0 Å². The topological polar surface area (TPSA) is 22.1 Å². The number of pyridine rings is 1. The van der Waals surface area contributed by atoms with Gasteiger partial charge in [-0.25, -0.2) is 0 Å². The first-order chi connectivity index (χ1) is 7.79. The molecular weight excluding hydrogens is 266 g/mol. The van der Waals surface area contributed by atoms with Gasteiger partial charge in [-0.15, -0.1) is 0 Å². The molecule has 2 nitrogen and oxygen atoms in total. The van der Waals surface area contributed by atoms with Crippen LogP contribution in [0.1, 0.15) is 5.69 Å². The molecule has 0 radical (unpaired) electrons. The number of rotatable bonds is 4. The zero-order chi connectivity index (χ0) is 11.4. The molecule has 1 heterocycles. The Morgan fingerprint density at radius 2 is 2.06 bits per heavy atom. The molecule has 0 amide bonds. The van der Waals surface area contributed by atoms with Crippen LogP contribution in [0.5, 0.6) is 0 Å². The van der Waals surface area contributed by atoms with E-state index in [1.807, 2.05) is 18.2 Å². The van der Waals surface area contributed by atoms with Crippen LogP contribution in [0.15, 0.2) is 36.4 Å². The Bertz CT molecular complexity index is 472. The van der Waals surface area contributed by atoms with Gasteiger partial charge in [0.25, 0.3) is 0 Å². The van der Waals surface area contributed by atoms with E-state index >= 15 is 0 Å². The second-order valence-corrected chi connectivity index (χ2v) is 5.05. The van der Waals surface area contributed by atoms with E-state index in [1.54, 1.807) is 7.11 Å². The van der Waals surface area contributed by atoms with Crippen molar-refractivity contribution in [2.24, 2.45) is 0 Å². The van der Waals surface area contributed by atoms with E-state index in [4.69, 9.17) is 4.74 Å². The summed E-state index contributed by atoms with van der Waals surface area (Å²) in [5.41, 5.74) is 2.15. The Morgan fingerprint density at radius 1 is 1.25 bits per heavy atom. The molecule has 1 atom stereocenters. The van der Waals surface area contributed by atoms with Crippen LogP contribution in [0.4, 0.5) is 0 Å². The highest BCUT2D eigenvalue weighted by molar-refractivity contribution is 9.09. The highest BCUT2D eigenvalue weighted by Gasteiger charge is 2.06. The predicted molar refractivity (Wildman–Crippen MR) is 70.0 cm³/mol. The Labute approximate surface area is 104 Å². The summed E-state index contributed by atoms with van der Waals surface area (Å²) in [6.45, 7) is 0.703. The summed E-state index contributed by atoms with van der Waals surface area (Å²) in [7, 11) is 1.71. The molecule has 2 aromatic rings. The number of hydrogen-bond donors (Lipinski definition) is 0. The molecule has 1 unspecified atom stereocenters. The maximum Gasteiger partial charge on any atom is 0.0705 e. The summed E-state index contributed by atoms with van der Waals surface area (Å²) in [5, 5.41) is 1.18. The van der Waals surface area contributed by atoms with Gasteiger partial charge in [0.1, 0.15) is 0 Å². The van der Waals surface area contributed by atoms with Crippen LogP contribution in [-0.4, -0.2) is 23.5 Å². The number of ether oxygens (including phenoxy) is 1. The van der Waals surface area contributed by atoms with Crippen molar-refractivity contribution in [3.05, 3.63) is 42.1 Å². The van der Waals surface area contributed by atoms with Crippen molar-refractivity contribution in [2.45, 2.75) is 11.2 Å². The van der Waals surface area contributed by atoms with Crippen LogP contribution in [0.2, 0.25) is 0 Å². The van der Waals surface area contributed by atoms with Crippen molar-refractivity contribution in [1.29, 1.82) is 0 Å². The number of fused-ring (bicyclic) bond motifs is 1. The fourth-order valence-electron chi connectivity index (χ4n) is 1.69. The fraction of sp³-hybridized carbons (Fsp3) is 0.308. The lowest BCUT2D eigenvalue weighted by Crippen LogP contribution is -2.10. The second kappa shape index (κ2) is 5.41. The number of methoxy groups -OCH3 is 1. The van der Waals surface area contributed by atoms with E-state index in [0.717, 1.165) is 17.6 Å². The van der Waals surface area contributed by atoms with Crippen LogP contribution >= 0.6 is 15.9 Å². The molecule has 2 rings (SSSR count). The monoisotopic (exact) mass is 279 g/mol. The van der Waals surface area contributed by atoms with Crippen molar-refractivity contribution < 1.29 is 4.74 Å². The van der Waals surface area contributed by atoms with E-state index < -0.39 is 0 Å². The van der Waals surface area contributed by atoms with Gasteiger partial charge in [-0.05, 0) is 12.1 Å². The van der Waals surface area contributed by atoms with Crippen LogP contribution in [0.3, 0.4) is 0 Å². The van der Waals surface area contributed by atoms with Gasteiger partial charge in [0.2, 0.25) is 0 Å². The molecular formula is C13H14BrNO. The third-order valence-corrected chi connectivity index (χ3v) is 3.02. The summed E-state index contributed by atoms with van der Waals surface area (Å²) in [5.74, 6) is 0. The van der Waals surface area contributed by atoms with E-state index in [-0.39, 0.29) is 0 Å². The molecule has 0 aliphatic carbocycles. The number of hydrogen-bond acceptors (Lipinski definition) is 2. The minimum absolute atomic E-state index is 0.325. The minimum atomic E-state index is 0.325. The lowest BCUT2D eigenvalue weighted by Gasteiger charge is -2.08. The third kappa shape index (κ3) is 2.80. The largest absolute Gasteiger partial charge is 0.384 e.